The number of pyridine rings is 1. The monoisotopic (exact) mass is 239 g/mol. The molecule has 0 saturated heterocycles. The molecule has 3 nitrogen and oxygen atoms in total. The number of halogens is 1. The van der Waals surface area contributed by atoms with Gasteiger partial charge in [0.25, 0.3) is 0 Å². The Morgan fingerprint density at radius 3 is 2.62 bits per heavy atom. The van der Waals surface area contributed by atoms with E-state index in [1.165, 1.54) is 12.3 Å². The van der Waals surface area contributed by atoms with Gasteiger partial charge in [0, 0.05) is 12.3 Å². The molecule has 0 radical (unpaired) electrons. The molecule has 1 heterocycles. The lowest BCUT2D eigenvalue weighted by Gasteiger charge is -2.17. The Balaban J connectivity index is 2.60. The molecule has 1 aromatic rings. The van der Waals surface area contributed by atoms with Crippen LogP contribution >= 0.6 is 11.6 Å². The van der Waals surface area contributed by atoms with Gasteiger partial charge < -0.3 is 4.74 Å². The lowest BCUT2D eigenvalue weighted by Crippen LogP contribution is -2.22. The summed E-state index contributed by atoms with van der Waals surface area (Å²) < 4.78 is 5.10. The van der Waals surface area contributed by atoms with Crippen LogP contribution in [-0.4, -0.2) is 16.6 Å². The molecule has 0 N–H and O–H groups in total. The second-order valence-electron chi connectivity index (χ2n) is 4.27. The van der Waals surface area contributed by atoms with Crippen molar-refractivity contribution in [3.05, 3.63) is 35.1 Å². The Morgan fingerprint density at radius 1 is 1.44 bits per heavy atom. The standard InChI is InChI=1S/C12H14ClNO2/c1-12(2,3)16-11(15)7-6-10-5-4-9(13)8-14-10/h4-8H,1-3H3/b7-6+. The first-order chi connectivity index (χ1) is 7.37. The molecule has 0 aromatic carbocycles. The van der Waals surface area contributed by atoms with Crippen LogP contribution in [0.2, 0.25) is 5.02 Å². The highest BCUT2D eigenvalue weighted by Crippen LogP contribution is 2.09. The van der Waals surface area contributed by atoms with Crippen molar-refractivity contribution in [1.29, 1.82) is 0 Å². The van der Waals surface area contributed by atoms with E-state index in [-0.39, 0.29) is 5.97 Å². The summed E-state index contributed by atoms with van der Waals surface area (Å²) in [6.45, 7) is 5.46. The summed E-state index contributed by atoms with van der Waals surface area (Å²) >= 11 is 5.68. The molecule has 1 rings (SSSR count). The molecular weight excluding hydrogens is 226 g/mol. The molecule has 0 aliphatic rings. The molecule has 16 heavy (non-hydrogen) atoms. The lowest BCUT2D eigenvalue weighted by atomic mass is 10.2. The van der Waals surface area contributed by atoms with Crippen molar-refractivity contribution in [2.24, 2.45) is 0 Å². The predicted molar refractivity (Wildman–Crippen MR) is 64.1 cm³/mol. The Kier molecular flexibility index (Phi) is 4.07. The van der Waals surface area contributed by atoms with Crippen LogP contribution < -0.4 is 0 Å². The van der Waals surface area contributed by atoms with Crippen LogP contribution in [0.1, 0.15) is 26.5 Å². The Hall–Kier alpha value is -1.35. The molecule has 0 unspecified atom stereocenters. The Labute approximate surface area is 100 Å². The quantitative estimate of drug-likeness (QED) is 0.588. The first-order valence-electron chi connectivity index (χ1n) is 4.89. The fraction of sp³-hybridized carbons (Fsp3) is 0.333. The highest BCUT2D eigenvalue weighted by molar-refractivity contribution is 6.30. The zero-order valence-corrected chi connectivity index (χ0v) is 10.3. The van der Waals surface area contributed by atoms with Crippen LogP contribution in [0, 0.1) is 0 Å². The molecule has 0 spiro atoms. The van der Waals surface area contributed by atoms with Gasteiger partial charge in [0.15, 0.2) is 0 Å². The minimum Gasteiger partial charge on any atom is -0.457 e. The summed E-state index contributed by atoms with van der Waals surface area (Å²) in [5.41, 5.74) is 0.185. The van der Waals surface area contributed by atoms with Gasteiger partial charge in [-0.3, -0.25) is 4.98 Å². The predicted octanol–water partition coefficient (Wildman–Crippen LogP) is 3.09. The first-order valence-corrected chi connectivity index (χ1v) is 5.27. The van der Waals surface area contributed by atoms with E-state index >= 15 is 0 Å². The molecule has 0 amide bonds. The van der Waals surface area contributed by atoms with Crippen LogP contribution in [0.25, 0.3) is 6.08 Å². The van der Waals surface area contributed by atoms with Crippen LogP contribution in [0.3, 0.4) is 0 Å². The summed E-state index contributed by atoms with van der Waals surface area (Å²) in [4.78, 5) is 15.4. The fourth-order valence-corrected chi connectivity index (χ4v) is 1.09. The maximum Gasteiger partial charge on any atom is 0.331 e. The highest BCUT2D eigenvalue weighted by atomic mass is 35.5. The van der Waals surface area contributed by atoms with Gasteiger partial charge in [-0.05, 0) is 39.0 Å². The van der Waals surface area contributed by atoms with Crippen LogP contribution in [-0.2, 0) is 9.53 Å². The number of carbonyl (C=O) groups excluding carboxylic acids is 1. The van der Waals surface area contributed by atoms with Crippen LogP contribution in [0.4, 0.5) is 0 Å². The normalized spacial score (nSPS) is 11.8. The van der Waals surface area contributed by atoms with E-state index in [4.69, 9.17) is 16.3 Å². The van der Waals surface area contributed by atoms with Crippen molar-refractivity contribution in [2.75, 3.05) is 0 Å². The molecule has 4 heteroatoms. The third kappa shape index (κ3) is 4.94. The van der Waals surface area contributed by atoms with Crippen molar-refractivity contribution in [1.82, 2.24) is 4.98 Å². The number of esters is 1. The number of hydrogen-bond donors (Lipinski definition) is 0. The van der Waals surface area contributed by atoms with Gasteiger partial charge in [0.05, 0.1) is 10.7 Å². The third-order valence-electron chi connectivity index (χ3n) is 1.55. The third-order valence-corrected chi connectivity index (χ3v) is 1.77. The van der Waals surface area contributed by atoms with Crippen LogP contribution in [0.5, 0.6) is 0 Å². The van der Waals surface area contributed by atoms with Crippen molar-refractivity contribution in [3.8, 4) is 0 Å². The van der Waals surface area contributed by atoms with E-state index in [0.29, 0.717) is 10.7 Å². The number of nitrogens with zero attached hydrogens (tertiary/aromatic N) is 1. The molecule has 1 aromatic heterocycles. The second-order valence-corrected chi connectivity index (χ2v) is 4.70. The molecule has 0 atom stereocenters. The van der Waals surface area contributed by atoms with E-state index in [2.05, 4.69) is 4.98 Å². The number of hydrogen-bond acceptors (Lipinski definition) is 3. The van der Waals surface area contributed by atoms with Crippen molar-refractivity contribution >= 4 is 23.6 Å². The summed E-state index contributed by atoms with van der Waals surface area (Å²) in [5, 5.41) is 0.564. The van der Waals surface area contributed by atoms with E-state index in [1.807, 2.05) is 20.8 Å². The van der Waals surface area contributed by atoms with E-state index in [1.54, 1.807) is 18.2 Å². The SMILES string of the molecule is CC(C)(C)OC(=O)/C=C/c1ccc(Cl)cn1. The van der Waals surface area contributed by atoms with Gasteiger partial charge in [-0.15, -0.1) is 0 Å². The van der Waals surface area contributed by atoms with E-state index in [0.717, 1.165) is 0 Å². The maximum atomic E-state index is 11.3. The van der Waals surface area contributed by atoms with E-state index < -0.39 is 5.60 Å². The van der Waals surface area contributed by atoms with Gasteiger partial charge in [-0.25, -0.2) is 4.79 Å². The smallest absolute Gasteiger partial charge is 0.331 e. The van der Waals surface area contributed by atoms with Gasteiger partial charge in [-0.2, -0.15) is 0 Å². The second kappa shape index (κ2) is 5.12. The lowest BCUT2D eigenvalue weighted by molar-refractivity contribution is -0.148. The minimum atomic E-state index is -0.477. The summed E-state index contributed by atoms with van der Waals surface area (Å²) in [7, 11) is 0. The first kappa shape index (κ1) is 12.7. The van der Waals surface area contributed by atoms with Crippen molar-refractivity contribution < 1.29 is 9.53 Å². The summed E-state index contributed by atoms with van der Waals surface area (Å²) in [6.07, 6.45) is 4.46. The molecular formula is C12H14ClNO2. The van der Waals surface area contributed by atoms with Crippen LogP contribution in [0.15, 0.2) is 24.4 Å². The van der Waals surface area contributed by atoms with Gasteiger partial charge in [-0.1, -0.05) is 11.6 Å². The zero-order chi connectivity index (χ0) is 12.2. The number of rotatable bonds is 2. The van der Waals surface area contributed by atoms with Crippen molar-refractivity contribution in [2.45, 2.75) is 26.4 Å². The Morgan fingerprint density at radius 2 is 2.12 bits per heavy atom. The van der Waals surface area contributed by atoms with Gasteiger partial charge in [0.2, 0.25) is 0 Å². The van der Waals surface area contributed by atoms with Gasteiger partial charge >= 0.3 is 5.97 Å². The topological polar surface area (TPSA) is 39.2 Å². The maximum absolute atomic E-state index is 11.3. The average Bonchev–Trinajstić information content (AvgIpc) is 2.14. The number of aromatic nitrogens is 1. The average molecular weight is 240 g/mol. The number of ether oxygens (including phenoxy) is 1. The highest BCUT2D eigenvalue weighted by Gasteiger charge is 2.13. The fourth-order valence-electron chi connectivity index (χ4n) is 0.975. The zero-order valence-electron chi connectivity index (χ0n) is 9.53. The summed E-state index contributed by atoms with van der Waals surface area (Å²) in [6, 6.07) is 3.44. The molecule has 0 aliphatic carbocycles. The molecule has 86 valence electrons. The number of carbonyl (C=O) groups is 1. The van der Waals surface area contributed by atoms with Gasteiger partial charge in [0.1, 0.15) is 5.60 Å². The summed E-state index contributed by atoms with van der Waals surface area (Å²) in [5.74, 6) is -0.385. The van der Waals surface area contributed by atoms with Crippen molar-refractivity contribution in [3.63, 3.8) is 0 Å². The molecule has 0 bridgehead atoms. The Bertz CT molecular complexity index is 390. The minimum absolute atomic E-state index is 0.385. The molecule has 0 saturated carbocycles. The molecule has 0 aliphatic heterocycles. The van der Waals surface area contributed by atoms with E-state index in [9.17, 15) is 4.79 Å². The molecule has 0 fully saturated rings. The largest absolute Gasteiger partial charge is 0.457 e.